The van der Waals surface area contributed by atoms with E-state index in [9.17, 15) is 9.59 Å². The van der Waals surface area contributed by atoms with Crippen LogP contribution in [0.4, 0.5) is 0 Å². The van der Waals surface area contributed by atoms with Gasteiger partial charge in [0.25, 0.3) is 5.91 Å². The summed E-state index contributed by atoms with van der Waals surface area (Å²) in [4.78, 5) is 28.5. The molecule has 5 nitrogen and oxygen atoms in total. The van der Waals surface area contributed by atoms with Crippen molar-refractivity contribution in [1.29, 1.82) is 0 Å². The van der Waals surface area contributed by atoms with E-state index in [4.69, 9.17) is 20.8 Å². The molecule has 0 saturated carbocycles. The van der Waals surface area contributed by atoms with Gasteiger partial charge in [0.15, 0.2) is 5.43 Å². The number of methoxy groups -OCH3 is 1. The highest BCUT2D eigenvalue weighted by Crippen LogP contribution is 2.39. The molecule has 3 aromatic carbocycles. The normalized spacial score (nSPS) is 15.4. The smallest absolute Gasteiger partial charge is 0.291 e. The molecule has 1 aromatic heterocycles. The molecule has 0 radical (unpaired) electrons. The van der Waals surface area contributed by atoms with Crippen molar-refractivity contribution in [1.82, 2.24) is 4.90 Å². The minimum absolute atomic E-state index is 0.0958. The third-order valence-corrected chi connectivity index (χ3v) is 5.82. The van der Waals surface area contributed by atoms with Gasteiger partial charge in [-0.05, 0) is 47.5 Å². The zero-order valence-electron chi connectivity index (χ0n) is 16.7. The Morgan fingerprint density at radius 3 is 2.39 bits per heavy atom. The van der Waals surface area contributed by atoms with Crippen molar-refractivity contribution in [3.05, 3.63) is 110 Å². The lowest BCUT2D eigenvalue weighted by atomic mass is 9.98. The van der Waals surface area contributed by atoms with Gasteiger partial charge in [-0.2, -0.15) is 0 Å². The summed E-state index contributed by atoms with van der Waals surface area (Å²) in [7, 11) is 1.59. The second kappa shape index (κ2) is 7.60. The van der Waals surface area contributed by atoms with Crippen molar-refractivity contribution in [2.75, 3.05) is 7.11 Å². The first kappa shape index (κ1) is 19.4. The molecule has 0 spiro atoms. The van der Waals surface area contributed by atoms with Gasteiger partial charge < -0.3 is 14.1 Å². The molecular formula is C25H18ClNO4. The average Bonchev–Trinajstić information content (AvgIpc) is 3.07. The monoisotopic (exact) mass is 431 g/mol. The molecule has 4 aromatic rings. The summed E-state index contributed by atoms with van der Waals surface area (Å²) < 4.78 is 11.2. The fourth-order valence-corrected chi connectivity index (χ4v) is 4.18. The first-order valence-electron chi connectivity index (χ1n) is 9.82. The van der Waals surface area contributed by atoms with Crippen LogP contribution in [0, 0.1) is 0 Å². The van der Waals surface area contributed by atoms with Crippen molar-refractivity contribution >= 4 is 28.5 Å². The predicted octanol–water partition coefficient (Wildman–Crippen LogP) is 5.20. The first-order chi connectivity index (χ1) is 15.1. The fraction of sp³-hybridized carbons (Fsp3) is 0.120. The molecule has 31 heavy (non-hydrogen) atoms. The minimum atomic E-state index is -0.565. The molecule has 1 unspecified atom stereocenters. The largest absolute Gasteiger partial charge is 0.497 e. The predicted molar refractivity (Wildman–Crippen MR) is 119 cm³/mol. The number of para-hydroxylation sites is 1. The maximum Gasteiger partial charge on any atom is 0.291 e. The van der Waals surface area contributed by atoms with Crippen molar-refractivity contribution < 1.29 is 13.9 Å². The number of rotatable bonds is 4. The average molecular weight is 432 g/mol. The van der Waals surface area contributed by atoms with Crippen LogP contribution >= 0.6 is 11.6 Å². The summed E-state index contributed by atoms with van der Waals surface area (Å²) in [6.07, 6.45) is 0. The van der Waals surface area contributed by atoms with Crippen LogP contribution in [0.3, 0.4) is 0 Å². The van der Waals surface area contributed by atoms with Crippen LogP contribution in [0.2, 0.25) is 5.02 Å². The standard InChI is InChI=1S/C25H18ClNO4/c1-30-18-12-8-16(9-13-18)22-21-23(28)19-4-2-3-5-20(19)31-24(21)25(29)27(22)14-15-6-10-17(26)11-7-15/h2-13,22H,14H2,1H3. The Bertz CT molecular complexity index is 1340. The van der Waals surface area contributed by atoms with Gasteiger partial charge in [-0.1, -0.05) is 48.0 Å². The summed E-state index contributed by atoms with van der Waals surface area (Å²) >= 11 is 6.01. The molecule has 0 aliphatic carbocycles. The molecule has 1 amide bonds. The molecule has 0 saturated heterocycles. The van der Waals surface area contributed by atoms with Gasteiger partial charge in [-0.25, -0.2) is 0 Å². The molecular weight excluding hydrogens is 414 g/mol. The van der Waals surface area contributed by atoms with E-state index in [1.54, 1.807) is 48.4 Å². The van der Waals surface area contributed by atoms with E-state index < -0.39 is 6.04 Å². The van der Waals surface area contributed by atoms with Gasteiger partial charge in [0.2, 0.25) is 5.76 Å². The number of fused-ring (bicyclic) bond motifs is 2. The van der Waals surface area contributed by atoms with Crippen LogP contribution in [0.25, 0.3) is 11.0 Å². The van der Waals surface area contributed by atoms with Crippen LogP contribution in [0.15, 0.2) is 82.0 Å². The quantitative estimate of drug-likeness (QED) is 0.445. The molecule has 6 heteroatoms. The Balaban J connectivity index is 1.69. The van der Waals surface area contributed by atoms with Crippen molar-refractivity contribution in [3.63, 3.8) is 0 Å². The molecule has 0 bridgehead atoms. The molecule has 2 heterocycles. The number of carbonyl (C=O) groups is 1. The highest BCUT2D eigenvalue weighted by atomic mass is 35.5. The van der Waals surface area contributed by atoms with Crippen LogP contribution in [0.1, 0.15) is 33.3 Å². The Hall–Kier alpha value is -3.57. The SMILES string of the molecule is COc1ccc(C2c3c(oc4ccccc4c3=O)C(=O)N2Cc2ccc(Cl)cc2)cc1. The van der Waals surface area contributed by atoms with Gasteiger partial charge in [0.05, 0.1) is 24.1 Å². The second-order valence-corrected chi connectivity index (χ2v) is 7.84. The minimum Gasteiger partial charge on any atom is -0.497 e. The van der Waals surface area contributed by atoms with E-state index >= 15 is 0 Å². The van der Waals surface area contributed by atoms with Gasteiger partial charge in [-0.3, -0.25) is 9.59 Å². The number of benzene rings is 3. The Morgan fingerprint density at radius 1 is 0.968 bits per heavy atom. The highest BCUT2D eigenvalue weighted by molar-refractivity contribution is 6.30. The molecule has 0 fully saturated rings. The number of nitrogens with zero attached hydrogens (tertiary/aromatic N) is 1. The topological polar surface area (TPSA) is 59.8 Å². The van der Waals surface area contributed by atoms with Gasteiger partial charge in [-0.15, -0.1) is 0 Å². The van der Waals surface area contributed by atoms with Crippen molar-refractivity contribution in [2.45, 2.75) is 12.6 Å². The maximum absolute atomic E-state index is 13.4. The van der Waals surface area contributed by atoms with Crippen LogP contribution in [0.5, 0.6) is 5.75 Å². The number of amides is 1. The van der Waals surface area contributed by atoms with E-state index in [-0.39, 0.29) is 17.1 Å². The third kappa shape index (κ3) is 3.27. The van der Waals surface area contributed by atoms with E-state index in [0.717, 1.165) is 11.1 Å². The number of halogens is 1. The highest BCUT2D eigenvalue weighted by Gasteiger charge is 2.42. The number of ether oxygens (including phenoxy) is 1. The zero-order chi connectivity index (χ0) is 21.5. The van der Waals surface area contributed by atoms with Crippen LogP contribution < -0.4 is 10.2 Å². The summed E-state index contributed by atoms with van der Waals surface area (Å²) in [5, 5.41) is 1.08. The number of carbonyl (C=O) groups excluding carboxylic acids is 1. The van der Waals surface area contributed by atoms with E-state index in [0.29, 0.717) is 33.8 Å². The van der Waals surface area contributed by atoms with Gasteiger partial charge in [0.1, 0.15) is 11.3 Å². The lowest BCUT2D eigenvalue weighted by Gasteiger charge is -2.25. The first-order valence-corrected chi connectivity index (χ1v) is 10.2. The van der Waals surface area contributed by atoms with Gasteiger partial charge >= 0.3 is 0 Å². The third-order valence-electron chi connectivity index (χ3n) is 5.57. The summed E-state index contributed by atoms with van der Waals surface area (Å²) in [5.41, 5.74) is 2.29. The Labute approximate surface area is 183 Å². The zero-order valence-corrected chi connectivity index (χ0v) is 17.4. The summed E-state index contributed by atoms with van der Waals surface area (Å²) in [5.74, 6) is 0.482. The maximum atomic E-state index is 13.4. The summed E-state index contributed by atoms with van der Waals surface area (Å²) in [6, 6.07) is 21.1. The molecule has 5 rings (SSSR count). The molecule has 1 aliphatic heterocycles. The molecule has 1 aliphatic rings. The van der Waals surface area contributed by atoms with Crippen molar-refractivity contribution in [2.24, 2.45) is 0 Å². The van der Waals surface area contributed by atoms with E-state index in [2.05, 4.69) is 0 Å². The number of hydrogen-bond acceptors (Lipinski definition) is 4. The van der Waals surface area contributed by atoms with Crippen molar-refractivity contribution in [3.8, 4) is 5.75 Å². The molecule has 1 atom stereocenters. The lowest BCUT2D eigenvalue weighted by molar-refractivity contribution is 0.0714. The van der Waals surface area contributed by atoms with E-state index in [1.165, 1.54) is 0 Å². The molecule has 0 N–H and O–H groups in total. The second-order valence-electron chi connectivity index (χ2n) is 7.41. The molecule has 154 valence electrons. The number of hydrogen-bond donors (Lipinski definition) is 0. The van der Waals surface area contributed by atoms with E-state index in [1.807, 2.05) is 36.4 Å². The Morgan fingerprint density at radius 2 is 1.68 bits per heavy atom. The van der Waals surface area contributed by atoms with Crippen LogP contribution in [-0.2, 0) is 6.54 Å². The van der Waals surface area contributed by atoms with Crippen LogP contribution in [-0.4, -0.2) is 17.9 Å². The Kier molecular flexibility index (Phi) is 4.75. The van der Waals surface area contributed by atoms with Gasteiger partial charge in [0, 0.05) is 11.6 Å². The fourth-order valence-electron chi connectivity index (χ4n) is 4.05. The summed E-state index contributed by atoms with van der Waals surface area (Å²) in [6.45, 7) is 0.312. The lowest BCUT2D eigenvalue weighted by Crippen LogP contribution is -2.29.